The second-order valence-corrected chi connectivity index (χ2v) is 10.6. The molecule has 0 unspecified atom stereocenters. The van der Waals surface area contributed by atoms with Gasteiger partial charge in [-0.25, -0.2) is 9.83 Å². The lowest BCUT2D eigenvalue weighted by Crippen LogP contribution is -2.03. The van der Waals surface area contributed by atoms with E-state index in [1.54, 1.807) is 6.07 Å². The van der Waals surface area contributed by atoms with E-state index >= 15 is 0 Å². The molecule has 9 rings (SSSR count). The van der Waals surface area contributed by atoms with Crippen molar-refractivity contribution < 1.29 is 4.42 Å². The van der Waals surface area contributed by atoms with Gasteiger partial charge in [0.05, 0.1) is 40.3 Å². The second-order valence-electron chi connectivity index (χ2n) is 10.6. The lowest BCUT2D eigenvalue weighted by molar-refractivity contribution is 0.671. The third-order valence-corrected chi connectivity index (χ3v) is 8.37. The molecule has 198 valence electrons. The van der Waals surface area contributed by atoms with Crippen molar-refractivity contribution in [2.75, 3.05) is 0 Å². The molecule has 0 amide bonds. The van der Waals surface area contributed by atoms with Crippen LogP contribution in [0.5, 0.6) is 0 Å². The molecule has 0 fully saturated rings. The largest absolute Gasteiger partial charge is 0.467 e. The molecule has 4 aromatic heterocycles. The van der Waals surface area contributed by atoms with Crippen LogP contribution in [0.15, 0.2) is 120 Å². The highest BCUT2D eigenvalue weighted by molar-refractivity contribution is 6.18. The van der Waals surface area contributed by atoms with Gasteiger partial charge in [-0.05, 0) is 48.5 Å². The number of nitriles is 1. The van der Waals surface area contributed by atoms with Gasteiger partial charge >= 0.3 is 0 Å². The summed E-state index contributed by atoms with van der Waals surface area (Å²) >= 11 is 0. The van der Waals surface area contributed by atoms with E-state index in [9.17, 15) is 5.26 Å². The monoisotopic (exact) mass is 549 g/mol. The Labute approximate surface area is 244 Å². The maximum atomic E-state index is 9.55. The molecular formula is C37H19N5O. The molecule has 0 spiro atoms. The molecule has 6 heteroatoms. The van der Waals surface area contributed by atoms with E-state index in [0.717, 1.165) is 71.6 Å². The van der Waals surface area contributed by atoms with Crippen molar-refractivity contribution in [3.63, 3.8) is 0 Å². The van der Waals surface area contributed by atoms with Gasteiger partial charge in [0.15, 0.2) is 0 Å². The zero-order valence-electron chi connectivity index (χ0n) is 22.6. The van der Waals surface area contributed by atoms with Crippen molar-refractivity contribution in [2.24, 2.45) is 0 Å². The zero-order valence-corrected chi connectivity index (χ0v) is 22.6. The Balaban J connectivity index is 1.34. The number of hydrogen-bond acceptors (Lipinski definition) is 3. The number of benzene rings is 5. The number of rotatable bonds is 2. The molecule has 0 atom stereocenters. The summed E-state index contributed by atoms with van der Waals surface area (Å²) in [6.07, 6.45) is 0. The van der Waals surface area contributed by atoms with Gasteiger partial charge in [-0.1, -0.05) is 60.7 Å². The number of nitrogens with zero attached hydrogens (tertiary/aromatic N) is 5. The zero-order chi connectivity index (χ0) is 28.7. The highest BCUT2D eigenvalue weighted by atomic mass is 16.3. The van der Waals surface area contributed by atoms with Crippen LogP contribution in [0.25, 0.3) is 82.0 Å². The molecule has 0 N–H and O–H groups in total. The summed E-state index contributed by atoms with van der Waals surface area (Å²) in [6, 6.07) is 40.7. The van der Waals surface area contributed by atoms with Gasteiger partial charge in [-0.15, -0.1) is 0 Å². The summed E-state index contributed by atoms with van der Waals surface area (Å²) in [5, 5.41) is 15.8. The normalized spacial score (nSPS) is 11.7. The van der Waals surface area contributed by atoms with Gasteiger partial charge in [0.25, 0.3) is 0 Å². The Morgan fingerprint density at radius 3 is 1.95 bits per heavy atom. The molecule has 6 nitrogen and oxygen atoms in total. The quantitative estimate of drug-likeness (QED) is 0.202. The Hall–Kier alpha value is -6.37. The van der Waals surface area contributed by atoms with E-state index < -0.39 is 0 Å². The van der Waals surface area contributed by atoms with Crippen LogP contribution >= 0.6 is 0 Å². The van der Waals surface area contributed by atoms with Crippen molar-refractivity contribution in [3.8, 4) is 17.7 Å². The van der Waals surface area contributed by atoms with Crippen LogP contribution in [0.2, 0.25) is 0 Å². The molecule has 43 heavy (non-hydrogen) atoms. The Morgan fingerprint density at radius 1 is 0.605 bits per heavy atom. The Kier molecular flexibility index (Phi) is 4.65. The number of hydrogen-bond donors (Lipinski definition) is 0. The van der Waals surface area contributed by atoms with Crippen LogP contribution in [-0.4, -0.2) is 14.1 Å². The number of pyridine rings is 1. The SMILES string of the molecule is [C-]#[N+]c1cccc2c1oc1cc3c(cc12)c1ccccc1n3-c1cccc(-n2c3ccccc3c3cc(C#N)ccc32)n1. The lowest BCUT2D eigenvalue weighted by Gasteiger charge is -2.11. The highest BCUT2D eigenvalue weighted by Crippen LogP contribution is 2.40. The molecule has 0 aliphatic rings. The second kappa shape index (κ2) is 8.57. The highest BCUT2D eigenvalue weighted by Gasteiger charge is 2.19. The van der Waals surface area contributed by atoms with E-state index in [4.69, 9.17) is 16.0 Å². The molecule has 0 aliphatic carbocycles. The minimum atomic E-state index is 0.508. The van der Waals surface area contributed by atoms with Crippen LogP contribution in [-0.2, 0) is 0 Å². The van der Waals surface area contributed by atoms with Crippen LogP contribution in [0.3, 0.4) is 0 Å². The van der Waals surface area contributed by atoms with Crippen molar-refractivity contribution >= 4 is 71.2 Å². The van der Waals surface area contributed by atoms with Crippen LogP contribution in [0.1, 0.15) is 5.56 Å². The molecule has 9 aromatic rings. The first-order valence-electron chi connectivity index (χ1n) is 13.9. The third-order valence-electron chi connectivity index (χ3n) is 8.37. The Bertz CT molecular complexity index is 2710. The van der Waals surface area contributed by atoms with Crippen LogP contribution in [0.4, 0.5) is 5.69 Å². The molecule has 0 bridgehead atoms. The Morgan fingerprint density at radius 2 is 1.23 bits per heavy atom. The molecule has 0 radical (unpaired) electrons. The number of fused-ring (bicyclic) bond motifs is 9. The third kappa shape index (κ3) is 3.18. The number of para-hydroxylation sites is 3. The fraction of sp³-hybridized carbons (Fsp3) is 0. The van der Waals surface area contributed by atoms with Crippen molar-refractivity contribution in [2.45, 2.75) is 0 Å². The average molecular weight is 550 g/mol. The first kappa shape index (κ1) is 23.3. The van der Waals surface area contributed by atoms with E-state index in [1.807, 2.05) is 66.7 Å². The van der Waals surface area contributed by atoms with Gasteiger partial charge in [0.1, 0.15) is 22.8 Å². The summed E-state index contributed by atoms with van der Waals surface area (Å²) < 4.78 is 10.6. The van der Waals surface area contributed by atoms with Gasteiger partial charge in [0, 0.05) is 38.4 Å². The molecule has 0 saturated carbocycles. The maximum absolute atomic E-state index is 9.55. The smallest absolute Gasteiger partial charge is 0.229 e. The predicted molar refractivity (Wildman–Crippen MR) is 171 cm³/mol. The first-order chi connectivity index (χ1) is 21.2. The molecule has 5 aromatic carbocycles. The standard InChI is InChI=1S/C37H19N5O/c1-39-29-11-6-10-25-28-19-27-24-9-3-5-13-31(24)42(33(27)20-34(28)43-37(25)29)36-15-7-14-35(40-36)41-30-12-4-2-8-23(30)26-18-22(21-38)16-17-32(26)41/h2-20H. The van der Waals surface area contributed by atoms with Crippen LogP contribution < -0.4 is 0 Å². The first-order valence-corrected chi connectivity index (χ1v) is 13.9. The van der Waals surface area contributed by atoms with E-state index in [1.165, 1.54) is 0 Å². The van der Waals surface area contributed by atoms with Gasteiger partial charge < -0.3 is 4.42 Å². The molecular weight excluding hydrogens is 530 g/mol. The number of aromatic nitrogens is 3. The summed E-state index contributed by atoms with van der Waals surface area (Å²) in [6.45, 7) is 7.60. The van der Waals surface area contributed by atoms with Crippen molar-refractivity contribution in [3.05, 3.63) is 132 Å². The van der Waals surface area contributed by atoms with E-state index in [-0.39, 0.29) is 0 Å². The summed E-state index contributed by atoms with van der Waals surface area (Å²) in [4.78, 5) is 8.92. The summed E-state index contributed by atoms with van der Waals surface area (Å²) in [5.41, 5.74) is 6.52. The van der Waals surface area contributed by atoms with Crippen molar-refractivity contribution in [1.82, 2.24) is 14.1 Å². The molecule has 4 heterocycles. The minimum Gasteiger partial charge on any atom is -0.467 e. The van der Waals surface area contributed by atoms with Crippen LogP contribution in [0, 0.1) is 17.9 Å². The minimum absolute atomic E-state index is 0.508. The fourth-order valence-corrected chi connectivity index (χ4v) is 6.53. The average Bonchev–Trinajstić information content (AvgIpc) is 3.70. The predicted octanol–water partition coefficient (Wildman–Crippen LogP) is 9.60. The molecule has 0 aliphatic heterocycles. The van der Waals surface area contributed by atoms with Gasteiger partial charge in [0.2, 0.25) is 5.69 Å². The summed E-state index contributed by atoms with van der Waals surface area (Å²) in [7, 11) is 0. The fourth-order valence-electron chi connectivity index (χ4n) is 6.53. The summed E-state index contributed by atoms with van der Waals surface area (Å²) in [5.74, 6) is 1.56. The topological polar surface area (TPSA) is 64.0 Å². The lowest BCUT2D eigenvalue weighted by atomic mass is 10.1. The van der Waals surface area contributed by atoms with Crippen molar-refractivity contribution in [1.29, 1.82) is 5.26 Å². The maximum Gasteiger partial charge on any atom is 0.229 e. The number of furan rings is 1. The van der Waals surface area contributed by atoms with Gasteiger partial charge in [-0.3, -0.25) is 9.13 Å². The van der Waals surface area contributed by atoms with E-state index in [2.05, 4.69) is 62.5 Å². The molecule has 0 saturated heterocycles. The van der Waals surface area contributed by atoms with E-state index in [0.29, 0.717) is 16.8 Å². The van der Waals surface area contributed by atoms with Gasteiger partial charge in [-0.2, -0.15) is 5.26 Å².